The zero-order valence-electron chi connectivity index (χ0n) is 8.46. The first-order valence-corrected chi connectivity index (χ1v) is 5.73. The highest BCUT2D eigenvalue weighted by Gasteiger charge is 1.98. The van der Waals surface area contributed by atoms with Gasteiger partial charge in [0, 0.05) is 7.05 Å². The van der Waals surface area contributed by atoms with Crippen LogP contribution >= 0.6 is 11.8 Å². The van der Waals surface area contributed by atoms with E-state index in [9.17, 15) is 4.39 Å². The van der Waals surface area contributed by atoms with Crippen molar-refractivity contribution in [1.29, 1.82) is 0 Å². The normalized spacial score (nSPS) is 11.8. The number of aliphatic imine (C=N–C) groups is 1. The molecule has 1 aromatic rings. The molecule has 0 spiro atoms. The molecule has 0 N–H and O–H groups in total. The first kappa shape index (κ1) is 11.2. The minimum atomic E-state index is -0.178. The highest BCUT2D eigenvalue weighted by Crippen LogP contribution is 2.09. The number of hydrogen-bond donors (Lipinski definition) is 0. The molecule has 1 rings (SSSR count). The first-order chi connectivity index (χ1) is 6.76. The Hall–Kier alpha value is -0.830. The van der Waals surface area contributed by atoms with E-state index in [1.165, 1.54) is 12.1 Å². The number of halogens is 1. The number of aryl methyl sites for hydroxylation is 1. The highest BCUT2D eigenvalue weighted by atomic mass is 32.2. The van der Waals surface area contributed by atoms with Gasteiger partial charge in [0.2, 0.25) is 0 Å². The molecule has 0 unspecified atom stereocenters. The number of nitrogens with zero attached hydrogens (tertiary/aromatic N) is 1. The van der Waals surface area contributed by atoms with Gasteiger partial charge in [-0.15, -0.1) is 11.8 Å². The Labute approximate surface area is 88.4 Å². The van der Waals surface area contributed by atoms with E-state index in [2.05, 4.69) is 4.99 Å². The monoisotopic (exact) mass is 211 g/mol. The van der Waals surface area contributed by atoms with Crippen LogP contribution in [0.25, 0.3) is 0 Å². The van der Waals surface area contributed by atoms with E-state index in [1.807, 2.05) is 18.4 Å². The second-order valence-electron chi connectivity index (χ2n) is 2.95. The van der Waals surface area contributed by atoms with Crippen molar-refractivity contribution in [3.63, 3.8) is 0 Å². The zero-order chi connectivity index (χ0) is 10.4. The lowest BCUT2D eigenvalue weighted by atomic mass is 10.1. The Morgan fingerprint density at radius 1 is 1.36 bits per heavy atom. The molecule has 0 radical (unpaired) electrons. The molecule has 0 amide bonds. The summed E-state index contributed by atoms with van der Waals surface area (Å²) in [6, 6.07) is 6.64. The van der Waals surface area contributed by atoms with E-state index in [4.69, 9.17) is 0 Å². The third kappa shape index (κ3) is 3.50. The van der Waals surface area contributed by atoms with Crippen molar-refractivity contribution in [2.24, 2.45) is 4.99 Å². The van der Waals surface area contributed by atoms with Crippen molar-refractivity contribution < 1.29 is 4.39 Å². The topological polar surface area (TPSA) is 12.4 Å². The second kappa shape index (κ2) is 5.81. The van der Waals surface area contributed by atoms with Crippen LogP contribution in [-0.2, 0) is 6.42 Å². The van der Waals surface area contributed by atoms with Gasteiger partial charge in [0.25, 0.3) is 0 Å². The average molecular weight is 211 g/mol. The SMILES string of the molecule is CN=C(CCc1ccc(F)cc1)SC. The molecule has 0 aliphatic rings. The molecular weight excluding hydrogens is 197 g/mol. The predicted octanol–water partition coefficient (Wildman–Crippen LogP) is 3.15. The quantitative estimate of drug-likeness (QED) is 0.552. The molecule has 0 saturated carbocycles. The van der Waals surface area contributed by atoms with E-state index < -0.39 is 0 Å². The predicted molar refractivity (Wildman–Crippen MR) is 61.6 cm³/mol. The summed E-state index contributed by atoms with van der Waals surface area (Å²) in [5, 5.41) is 1.13. The van der Waals surface area contributed by atoms with Gasteiger partial charge in [0.1, 0.15) is 5.82 Å². The van der Waals surface area contributed by atoms with Crippen molar-refractivity contribution in [3.05, 3.63) is 35.6 Å². The van der Waals surface area contributed by atoms with Gasteiger partial charge >= 0.3 is 0 Å². The van der Waals surface area contributed by atoms with Crippen molar-refractivity contribution in [3.8, 4) is 0 Å². The van der Waals surface area contributed by atoms with Crippen LogP contribution in [0.1, 0.15) is 12.0 Å². The van der Waals surface area contributed by atoms with Gasteiger partial charge in [-0.05, 0) is 36.8 Å². The van der Waals surface area contributed by atoms with E-state index in [0.717, 1.165) is 23.4 Å². The summed E-state index contributed by atoms with van der Waals surface area (Å²) in [6.07, 6.45) is 3.88. The molecule has 1 nitrogen and oxygen atoms in total. The fraction of sp³-hybridized carbons (Fsp3) is 0.364. The minimum absolute atomic E-state index is 0.178. The Balaban J connectivity index is 2.49. The van der Waals surface area contributed by atoms with Gasteiger partial charge in [-0.3, -0.25) is 4.99 Å². The molecular formula is C11H14FNS. The minimum Gasteiger partial charge on any atom is -0.286 e. The fourth-order valence-electron chi connectivity index (χ4n) is 1.21. The Kier molecular flexibility index (Phi) is 4.66. The second-order valence-corrected chi connectivity index (χ2v) is 3.83. The molecule has 0 saturated heterocycles. The summed E-state index contributed by atoms with van der Waals surface area (Å²) in [6.45, 7) is 0. The third-order valence-corrected chi connectivity index (χ3v) is 2.88. The summed E-state index contributed by atoms with van der Waals surface area (Å²) in [7, 11) is 1.80. The summed E-state index contributed by atoms with van der Waals surface area (Å²) in [4.78, 5) is 4.14. The van der Waals surface area contributed by atoms with Crippen LogP contribution in [-0.4, -0.2) is 18.3 Å². The molecule has 0 fully saturated rings. The molecule has 0 aliphatic carbocycles. The van der Waals surface area contributed by atoms with Gasteiger partial charge in [-0.25, -0.2) is 4.39 Å². The maximum atomic E-state index is 12.6. The van der Waals surface area contributed by atoms with E-state index in [1.54, 1.807) is 18.8 Å². The Bertz CT molecular complexity index is 306. The average Bonchev–Trinajstić information content (AvgIpc) is 2.22. The van der Waals surface area contributed by atoms with Crippen molar-refractivity contribution >= 4 is 16.8 Å². The summed E-state index contributed by atoms with van der Waals surface area (Å²) < 4.78 is 12.6. The van der Waals surface area contributed by atoms with Crippen LogP contribution < -0.4 is 0 Å². The molecule has 0 atom stereocenters. The van der Waals surface area contributed by atoms with Crippen LogP contribution in [0, 0.1) is 5.82 Å². The van der Waals surface area contributed by atoms with E-state index >= 15 is 0 Å². The maximum absolute atomic E-state index is 12.6. The van der Waals surface area contributed by atoms with Crippen LogP contribution in [0.15, 0.2) is 29.3 Å². The molecule has 14 heavy (non-hydrogen) atoms. The lowest BCUT2D eigenvalue weighted by molar-refractivity contribution is 0.627. The Morgan fingerprint density at radius 3 is 2.50 bits per heavy atom. The van der Waals surface area contributed by atoms with Gasteiger partial charge < -0.3 is 0 Å². The summed E-state index contributed by atoms with van der Waals surface area (Å²) >= 11 is 1.67. The van der Waals surface area contributed by atoms with Crippen LogP contribution in [0.3, 0.4) is 0 Å². The number of hydrogen-bond acceptors (Lipinski definition) is 2. The largest absolute Gasteiger partial charge is 0.286 e. The maximum Gasteiger partial charge on any atom is 0.123 e. The van der Waals surface area contributed by atoms with Crippen LogP contribution in [0.4, 0.5) is 4.39 Å². The lowest BCUT2D eigenvalue weighted by Gasteiger charge is -2.02. The summed E-state index contributed by atoms with van der Waals surface area (Å²) in [5.41, 5.74) is 1.15. The van der Waals surface area contributed by atoms with Gasteiger partial charge in [0.05, 0.1) is 5.04 Å². The summed E-state index contributed by atoms with van der Waals surface area (Å²) in [5.74, 6) is -0.178. The van der Waals surface area contributed by atoms with Gasteiger partial charge in [0.15, 0.2) is 0 Å². The zero-order valence-corrected chi connectivity index (χ0v) is 9.27. The first-order valence-electron chi connectivity index (χ1n) is 4.50. The van der Waals surface area contributed by atoms with E-state index in [-0.39, 0.29) is 5.82 Å². The van der Waals surface area contributed by atoms with Gasteiger partial charge in [-0.1, -0.05) is 12.1 Å². The highest BCUT2D eigenvalue weighted by molar-refractivity contribution is 8.13. The number of thioether (sulfide) groups is 1. The molecule has 1 aromatic carbocycles. The molecule has 0 bridgehead atoms. The van der Waals surface area contributed by atoms with E-state index in [0.29, 0.717) is 0 Å². The molecule has 0 aromatic heterocycles. The van der Waals surface area contributed by atoms with Crippen molar-refractivity contribution in [1.82, 2.24) is 0 Å². The standard InChI is InChI=1S/C11H14FNS/c1-13-11(14-2)8-5-9-3-6-10(12)7-4-9/h3-4,6-7H,5,8H2,1-2H3. The molecule has 0 aliphatic heterocycles. The fourth-order valence-corrected chi connectivity index (χ4v) is 1.70. The van der Waals surface area contributed by atoms with Gasteiger partial charge in [-0.2, -0.15) is 0 Å². The van der Waals surface area contributed by atoms with Crippen LogP contribution in [0.5, 0.6) is 0 Å². The van der Waals surface area contributed by atoms with Crippen molar-refractivity contribution in [2.75, 3.05) is 13.3 Å². The lowest BCUT2D eigenvalue weighted by Crippen LogP contribution is -1.95. The number of benzene rings is 1. The van der Waals surface area contributed by atoms with Crippen LogP contribution in [0.2, 0.25) is 0 Å². The third-order valence-electron chi connectivity index (χ3n) is 2.03. The molecule has 76 valence electrons. The smallest absolute Gasteiger partial charge is 0.123 e. The number of rotatable bonds is 3. The molecule has 3 heteroatoms. The molecule has 0 heterocycles. The van der Waals surface area contributed by atoms with Crippen molar-refractivity contribution in [2.45, 2.75) is 12.8 Å². The Morgan fingerprint density at radius 2 is 2.00 bits per heavy atom.